The third kappa shape index (κ3) is 4.95. The summed E-state index contributed by atoms with van der Waals surface area (Å²) in [7, 11) is -2.22. The van der Waals surface area contributed by atoms with Crippen LogP contribution in [0.15, 0.2) is 30.5 Å². The molecule has 0 fully saturated rings. The van der Waals surface area contributed by atoms with Gasteiger partial charge in [-0.3, -0.25) is 0 Å². The van der Waals surface area contributed by atoms with E-state index in [1.165, 1.54) is 0 Å². The molecule has 5 nitrogen and oxygen atoms in total. The topological polar surface area (TPSA) is 71.3 Å². The largest absolute Gasteiger partial charge is 0.390 e. The Balaban J connectivity index is 1.99. The van der Waals surface area contributed by atoms with Gasteiger partial charge in [0.2, 0.25) is 10.0 Å². The van der Waals surface area contributed by atoms with Gasteiger partial charge in [-0.1, -0.05) is 6.07 Å². The van der Waals surface area contributed by atoms with Crippen LogP contribution in [0.2, 0.25) is 0 Å². The zero-order valence-corrected chi connectivity index (χ0v) is 13.2. The summed E-state index contributed by atoms with van der Waals surface area (Å²) in [5.74, 6) is -1.05. The van der Waals surface area contributed by atoms with Crippen molar-refractivity contribution in [1.29, 1.82) is 0 Å². The van der Waals surface area contributed by atoms with E-state index in [9.17, 15) is 26.7 Å². The first-order chi connectivity index (χ1) is 10.6. The van der Waals surface area contributed by atoms with Gasteiger partial charge < -0.3 is 9.67 Å². The minimum Gasteiger partial charge on any atom is -0.387 e. The lowest BCUT2D eigenvalue weighted by Gasteiger charge is -2.13. The van der Waals surface area contributed by atoms with E-state index >= 15 is 0 Å². The maximum Gasteiger partial charge on any atom is 0.390 e. The van der Waals surface area contributed by atoms with Crippen molar-refractivity contribution in [2.24, 2.45) is 7.05 Å². The number of hydrogen-bond donors (Lipinski definition) is 2. The molecule has 2 N–H and O–H groups in total. The fourth-order valence-electron chi connectivity index (χ4n) is 2.15. The van der Waals surface area contributed by atoms with Gasteiger partial charge >= 0.3 is 6.18 Å². The molecule has 2 rings (SSSR count). The average molecular weight is 350 g/mol. The smallest absolute Gasteiger partial charge is 0.387 e. The van der Waals surface area contributed by atoms with Crippen molar-refractivity contribution < 1.29 is 26.7 Å². The highest BCUT2D eigenvalue weighted by atomic mass is 32.2. The van der Waals surface area contributed by atoms with E-state index in [2.05, 4.69) is 0 Å². The van der Waals surface area contributed by atoms with Gasteiger partial charge in [-0.25, -0.2) is 13.1 Å². The third-order valence-corrected chi connectivity index (χ3v) is 4.79. The highest BCUT2D eigenvalue weighted by Gasteiger charge is 2.30. The Hall–Kier alpha value is -1.58. The first-order valence-corrected chi connectivity index (χ1v) is 8.50. The van der Waals surface area contributed by atoms with E-state index in [0.29, 0.717) is 5.56 Å². The third-order valence-electron chi connectivity index (χ3n) is 3.44. The van der Waals surface area contributed by atoms with E-state index < -0.39 is 34.5 Å². The van der Waals surface area contributed by atoms with Crippen LogP contribution in [0, 0.1) is 0 Å². The predicted molar refractivity (Wildman–Crippen MR) is 80.3 cm³/mol. The van der Waals surface area contributed by atoms with Crippen LogP contribution >= 0.6 is 0 Å². The first-order valence-electron chi connectivity index (χ1n) is 6.84. The predicted octanol–water partition coefficient (Wildman–Crippen LogP) is 2.08. The molecule has 2 aromatic rings. The summed E-state index contributed by atoms with van der Waals surface area (Å²) in [6.45, 7) is -0.376. The fourth-order valence-corrected chi connectivity index (χ4v) is 3.21. The Morgan fingerprint density at radius 3 is 2.65 bits per heavy atom. The summed E-state index contributed by atoms with van der Waals surface area (Å²) >= 11 is 0. The standard InChI is InChI=1S/C14H17F3N2O3S/c1-19-6-4-10-8-11(2-3-12(10)19)13(20)9-18-23(21,22)7-5-14(15,16)17/h2-4,6,8,13,18,20H,5,7,9H2,1H3. The van der Waals surface area contributed by atoms with Crippen molar-refractivity contribution in [1.82, 2.24) is 9.29 Å². The second-order valence-corrected chi connectivity index (χ2v) is 7.22. The summed E-state index contributed by atoms with van der Waals surface area (Å²) in [6, 6.07) is 6.99. The normalized spacial score (nSPS) is 14.3. The number of aryl methyl sites for hydroxylation is 1. The van der Waals surface area contributed by atoms with Gasteiger partial charge in [0.15, 0.2) is 0 Å². The molecule has 1 aromatic heterocycles. The number of aromatic nitrogens is 1. The van der Waals surface area contributed by atoms with Crippen LogP contribution in [0.3, 0.4) is 0 Å². The van der Waals surface area contributed by atoms with Crippen molar-refractivity contribution in [2.75, 3.05) is 12.3 Å². The van der Waals surface area contributed by atoms with E-state index in [0.717, 1.165) is 10.9 Å². The summed E-state index contributed by atoms with van der Waals surface area (Å²) in [6.07, 6.45) is -5.25. The van der Waals surface area contributed by atoms with Crippen molar-refractivity contribution in [2.45, 2.75) is 18.7 Å². The highest BCUT2D eigenvalue weighted by molar-refractivity contribution is 7.89. The van der Waals surface area contributed by atoms with Gasteiger partial charge in [-0.2, -0.15) is 13.2 Å². The molecule has 0 aliphatic carbocycles. The Bertz CT molecular complexity index is 784. The molecule has 1 heterocycles. The lowest BCUT2D eigenvalue weighted by molar-refractivity contribution is -0.129. The van der Waals surface area contributed by atoms with Crippen molar-refractivity contribution >= 4 is 20.9 Å². The van der Waals surface area contributed by atoms with Gasteiger partial charge in [-0.05, 0) is 29.1 Å². The molecule has 0 saturated heterocycles. The van der Waals surface area contributed by atoms with Crippen LogP contribution in [0.25, 0.3) is 10.9 Å². The van der Waals surface area contributed by atoms with E-state index in [4.69, 9.17) is 0 Å². The number of halogens is 3. The quantitative estimate of drug-likeness (QED) is 0.838. The maximum absolute atomic E-state index is 12.1. The van der Waals surface area contributed by atoms with E-state index in [1.54, 1.807) is 18.2 Å². The molecule has 23 heavy (non-hydrogen) atoms. The van der Waals surface area contributed by atoms with Crippen LogP contribution in [0.4, 0.5) is 13.2 Å². The highest BCUT2D eigenvalue weighted by Crippen LogP contribution is 2.22. The molecule has 1 aromatic carbocycles. The number of rotatable bonds is 6. The van der Waals surface area contributed by atoms with Gasteiger partial charge in [0.25, 0.3) is 0 Å². The Morgan fingerprint density at radius 2 is 2.00 bits per heavy atom. The first kappa shape index (κ1) is 17.8. The number of benzene rings is 1. The van der Waals surface area contributed by atoms with E-state index in [1.807, 2.05) is 28.6 Å². The second-order valence-electron chi connectivity index (χ2n) is 5.29. The van der Waals surface area contributed by atoms with Crippen LogP contribution in [-0.4, -0.2) is 36.6 Å². The fraction of sp³-hybridized carbons (Fsp3) is 0.429. The lowest BCUT2D eigenvalue weighted by Crippen LogP contribution is -2.32. The minimum absolute atomic E-state index is 0.376. The number of hydrogen-bond acceptors (Lipinski definition) is 3. The number of aliphatic hydroxyl groups excluding tert-OH is 1. The number of aliphatic hydroxyl groups is 1. The van der Waals surface area contributed by atoms with Gasteiger partial charge in [0.1, 0.15) is 0 Å². The SMILES string of the molecule is Cn1ccc2cc(C(O)CNS(=O)(=O)CCC(F)(F)F)ccc21. The molecule has 0 amide bonds. The molecule has 0 saturated carbocycles. The summed E-state index contributed by atoms with van der Waals surface area (Å²) in [5, 5.41) is 10.9. The molecule has 0 bridgehead atoms. The molecule has 0 aliphatic rings. The molecule has 9 heteroatoms. The molecule has 0 radical (unpaired) electrons. The van der Waals surface area contributed by atoms with Gasteiger partial charge in [-0.15, -0.1) is 0 Å². The van der Waals surface area contributed by atoms with Crippen LogP contribution in [-0.2, 0) is 17.1 Å². The van der Waals surface area contributed by atoms with Crippen LogP contribution in [0.5, 0.6) is 0 Å². The molecule has 0 aliphatic heterocycles. The van der Waals surface area contributed by atoms with Crippen LogP contribution in [0.1, 0.15) is 18.1 Å². The number of fused-ring (bicyclic) bond motifs is 1. The maximum atomic E-state index is 12.1. The summed E-state index contributed by atoms with van der Waals surface area (Å²) in [4.78, 5) is 0. The second kappa shape index (κ2) is 6.50. The Kier molecular flexibility index (Phi) is 5.02. The Morgan fingerprint density at radius 1 is 1.30 bits per heavy atom. The van der Waals surface area contributed by atoms with Crippen LogP contribution < -0.4 is 4.72 Å². The van der Waals surface area contributed by atoms with Gasteiger partial charge in [0, 0.05) is 25.3 Å². The molecule has 1 unspecified atom stereocenters. The summed E-state index contributed by atoms with van der Waals surface area (Å²) < 4.78 is 63.1. The lowest BCUT2D eigenvalue weighted by atomic mass is 10.1. The molecule has 1 atom stereocenters. The number of sulfonamides is 1. The molecule has 128 valence electrons. The number of nitrogens with zero attached hydrogens (tertiary/aromatic N) is 1. The molecular formula is C14H17F3N2O3S. The van der Waals surface area contributed by atoms with Crippen molar-refractivity contribution in [3.05, 3.63) is 36.0 Å². The van der Waals surface area contributed by atoms with E-state index in [-0.39, 0.29) is 6.54 Å². The zero-order valence-electron chi connectivity index (χ0n) is 12.3. The minimum atomic E-state index is -4.54. The molecular weight excluding hydrogens is 333 g/mol. The number of alkyl halides is 3. The summed E-state index contributed by atoms with van der Waals surface area (Å²) in [5.41, 5.74) is 1.44. The average Bonchev–Trinajstić information content (AvgIpc) is 2.83. The molecule has 0 spiro atoms. The number of nitrogens with one attached hydrogen (secondary N) is 1. The monoisotopic (exact) mass is 350 g/mol. The van der Waals surface area contributed by atoms with Crippen molar-refractivity contribution in [3.63, 3.8) is 0 Å². The van der Waals surface area contributed by atoms with Crippen molar-refractivity contribution in [3.8, 4) is 0 Å². The van der Waals surface area contributed by atoms with Gasteiger partial charge in [0.05, 0.1) is 18.3 Å². The Labute approximate surface area is 131 Å². The zero-order chi connectivity index (χ0) is 17.3.